The Morgan fingerprint density at radius 2 is 1.79 bits per heavy atom. The average Bonchev–Trinajstić information content (AvgIpc) is 3.26. The highest BCUT2D eigenvalue weighted by atomic mass is 32.1. The molecule has 2 N–H and O–H groups in total. The van der Waals surface area contributed by atoms with Gasteiger partial charge in [0.1, 0.15) is 5.00 Å². The van der Waals surface area contributed by atoms with Crippen LogP contribution in [0.5, 0.6) is 0 Å². The minimum absolute atomic E-state index is 0.0304. The summed E-state index contributed by atoms with van der Waals surface area (Å²) in [6.07, 6.45) is 0.884. The van der Waals surface area contributed by atoms with Crippen LogP contribution in [0.15, 0.2) is 0 Å². The van der Waals surface area contributed by atoms with Crippen molar-refractivity contribution >= 4 is 34.1 Å². The van der Waals surface area contributed by atoms with Gasteiger partial charge in [-0.05, 0) is 53.0 Å². The molecule has 1 aromatic heterocycles. The Morgan fingerprint density at radius 1 is 1.17 bits per heavy atom. The first-order chi connectivity index (χ1) is 11.2. The van der Waals surface area contributed by atoms with E-state index in [-0.39, 0.29) is 23.8 Å². The molecule has 1 saturated carbocycles. The highest BCUT2D eigenvalue weighted by molar-refractivity contribution is 7.16. The Bertz CT molecular complexity index is 662. The number of hydrogen-bond acceptors (Lipinski definition) is 5. The van der Waals surface area contributed by atoms with Crippen molar-refractivity contribution in [2.45, 2.75) is 59.6 Å². The molecular formula is C17H24N2O4S. The lowest BCUT2D eigenvalue weighted by molar-refractivity contribution is -0.129. The molecule has 0 unspecified atom stereocenters. The topological polar surface area (TPSA) is 84.5 Å². The molecule has 7 heteroatoms. The monoisotopic (exact) mass is 352 g/mol. The molecule has 0 saturated heterocycles. The van der Waals surface area contributed by atoms with Crippen molar-refractivity contribution in [1.29, 1.82) is 0 Å². The molecule has 0 aliphatic heterocycles. The molecule has 132 valence electrons. The second-order valence-electron chi connectivity index (χ2n) is 6.46. The second-order valence-corrected chi connectivity index (χ2v) is 7.69. The van der Waals surface area contributed by atoms with Crippen molar-refractivity contribution in [3.8, 4) is 0 Å². The van der Waals surface area contributed by atoms with E-state index in [4.69, 9.17) is 4.74 Å². The van der Waals surface area contributed by atoms with Gasteiger partial charge in [-0.15, -0.1) is 11.3 Å². The van der Waals surface area contributed by atoms with Crippen LogP contribution in [0.25, 0.3) is 0 Å². The van der Waals surface area contributed by atoms with Gasteiger partial charge in [0.2, 0.25) is 5.91 Å². The van der Waals surface area contributed by atoms with Crippen molar-refractivity contribution in [3.05, 3.63) is 16.0 Å². The highest BCUT2D eigenvalue weighted by Gasteiger charge is 2.32. The Balaban J connectivity index is 2.12. The standard InChI is InChI=1S/C17H24N2O4S/c1-8(2)18-14(20)10(4)23-17(22)13-9(3)11(5)24-16(13)19-15(21)12-6-7-12/h8,10,12H,6-7H2,1-5H3,(H,18,20)(H,19,21)/t10-/m1/s1. The summed E-state index contributed by atoms with van der Waals surface area (Å²) in [7, 11) is 0. The van der Waals surface area contributed by atoms with Crippen LogP contribution in [-0.2, 0) is 14.3 Å². The van der Waals surface area contributed by atoms with E-state index in [1.807, 2.05) is 27.7 Å². The van der Waals surface area contributed by atoms with Crippen LogP contribution in [-0.4, -0.2) is 29.9 Å². The van der Waals surface area contributed by atoms with Gasteiger partial charge in [0.25, 0.3) is 5.91 Å². The molecular weight excluding hydrogens is 328 g/mol. The van der Waals surface area contributed by atoms with E-state index < -0.39 is 12.1 Å². The molecule has 1 fully saturated rings. The average molecular weight is 352 g/mol. The number of thiophene rings is 1. The summed E-state index contributed by atoms with van der Waals surface area (Å²) in [6.45, 7) is 8.91. The van der Waals surface area contributed by atoms with Crippen molar-refractivity contribution in [1.82, 2.24) is 5.32 Å². The normalized spacial score (nSPS) is 15.1. The van der Waals surface area contributed by atoms with Gasteiger partial charge in [0, 0.05) is 16.8 Å². The van der Waals surface area contributed by atoms with Crippen LogP contribution in [0.1, 0.15) is 54.4 Å². The summed E-state index contributed by atoms with van der Waals surface area (Å²) < 4.78 is 5.30. The Labute approximate surface area is 146 Å². The minimum Gasteiger partial charge on any atom is -0.449 e. The van der Waals surface area contributed by atoms with E-state index in [1.54, 1.807) is 0 Å². The summed E-state index contributed by atoms with van der Waals surface area (Å²) in [5.74, 6) is -0.941. The molecule has 0 spiro atoms. The zero-order chi connectivity index (χ0) is 18.0. The van der Waals surface area contributed by atoms with Crippen molar-refractivity contribution in [3.63, 3.8) is 0 Å². The molecule has 0 aromatic carbocycles. The van der Waals surface area contributed by atoms with E-state index in [0.29, 0.717) is 10.6 Å². The van der Waals surface area contributed by atoms with E-state index in [1.165, 1.54) is 18.3 Å². The van der Waals surface area contributed by atoms with Crippen LogP contribution in [0.2, 0.25) is 0 Å². The lowest BCUT2D eigenvalue weighted by Crippen LogP contribution is -2.39. The summed E-state index contributed by atoms with van der Waals surface area (Å²) in [4.78, 5) is 37.4. The fourth-order valence-electron chi connectivity index (χ4n) is 2.20. The first-order valence-electron chi connectivity index (χ1n) is 8.13. The number of amides is 2. The predicted molar refractivity (Wildman–Crippen MR) is 93.3 cm³/mol. The zero-order valence-corrected chi connectivity index (χ0v) is 15.5. The maximum absolute atomic E-state index is 12.5. The fraction of sp³-hybridized carbons (Fsp3) is 0.588. The summed E-state index contributed by atoms with van der Waals surface area (Å²) in [6, 6.07) is -0.0304. The molecule has 0 bridgehead atoms. The number of carbonyl (C=O) groups is 3. The van der Waals surface area contributed by atoms with E-state index in [0.717, 1.165) is 23.3 Å². The smallest absolute Gasteiger partial charge is 0.342 e. The minimum atomic E-state index is -0.897. The molecule has 1 atom stereocenters. The largest absolute Gasteiger partial charge is 0.449 e. The van der Waals surface area contributed by atoms with Gasteiger partial charge in [0.15, 0.2) is 6.10 Å². The molecule has 6 nitrogen and oxygen atoms in total. The quantitative estimate of drug-likeness (QED) is 0.771. The maximum Gasteiger partial charge on any atom is 0.342 e. The third kappa shape index (κ3) is 4.35. The van der Waals surface area contributed by atoms with Crippen molar-refractivity contribution in [2.75, 3.05) is 5.32 Å². The van der Waals surface area contributed by atoms with Gasteiger partial charge in [-0.2, -0.15) is 0 Å². The van der Waals surface area contributed by atoms with E-state index in [2.05, 4.69) is 10.6 Å². The van der Waals surface area contributed by atoms with Gasteiger partial charge in [0.05, 0.1) is 5.56 Å². The number of anilines is 1. The number of aryl methyl sites for hydroxylation is 1. The number of hydrogen-bond donors (Lipinski definition) is 2. The number of esters is 1. The maximum atomic E-state index is 12.5. The van der Waals surface area contributed by atoms with Crippen molar-refractivity contribution in [2.24, 2.45) is 5.92 Å². The fourth-order valence-corrected chi connectivity index (χ4v) is 3.25. The lowest BCUT2D eigenvalue weighted by atomic mass is 10.1. The Kier molecular flexibility index (Phi) is 5.64. The van der Waals surface area contributed by atoms with Crippen LogP contribution < -0.4 is 10.6 Å². The van der Waals surface area contributed by atoms with Crippen LogP contribution >= 0.6 is 11.3 Å². The molecule has 0 radical (unpaired) electrons. The first-order valence-corrected chi connectivity index (χ1v) is 8.94. The molecule has 1 heterocycles. The van der Waals surface area contributed by atoms with Crippen molar-refractivity contribution < 1.29 is 19.1 Å². The highest BCUT2D eigenvalue weighted by Crippen LogP contribution is 2.36. The molecule has 1 aliphatic carbocycles. The summed E-state index contributed by atoms with van der Waals surface area (Å²) >= 11 is 1.36. The molecule has 1 aromatic rings. The van der Waals surface area contributed by atoms with Gasteiger partial charge in [-0.25, -0.2) is 4.79 Å². The second kappa shape index (κ2) is 7.34. The molecule has 1 aliphatic rings. The number of nitrogens with one attached hydrogen (secondary N) is 2. The third-order valence-corrected chi connectivity index (χ3v) is 4.98. The van der Waals surface area contributed by atoms with E-state index >= 15 is 0 Å². The summed E-state index contributed by atoms with van der Waals surface area (Å²) in [5, 5.41) is 6.04. The Hall–Kier alpha value is -1.89. The van der Waals surface area contributed by atoms with Gasteiger partial charge in [-0.3, -0.25) is 9.59 Å². The number of carbonyl (C=O) groups excluding carboxylic acids is 3. The molecule has 24 heavy (non-hydrogen) atoms. The summed E-state index contributed by atoms with van der Waals surface area (Å²) in [5.41, 5.74) is 1.11. The molecule has 2 amide bonds. The van der Waals surface area contributed by atoms with Crippen LogP contribution in [0.3, 0.4) is 0 Å². The predicted octanol–water partition coefficient (Wildman–Crippen LogP) is 2.78. The van der Waals surface area contributed by atoms with Gasteiger partial charge in [-0.1, -0.05) is 0 Å². The molecule has 2 rings (SSSR count). The SMILES string of the molecule is Cc1sc(NC(=O)C2CC2)c(C(=O)O[C@H](C)C(=O)NC(C)C)c1C. The van der Waals surface area contributed by atoms with Gasteiger partial charge < -0.3 is 15.4 Å². The van der Waals surface area contributed by atoms with Gasteiger partial charge >= 0.3 is 5.97 Å². The van der Waals surface area contributed by atoms with Crippen LogP contribution in [0, 0.1) is 19.8 Å². The number of rotatable bonds is 6. The Morgan fingerprint density at radius 3 is 2.33 bits per heavy atom. The zero-order valence-electron chi connectivity index (χ0n) is 14.7. The lowest BCUT2D eigenvalue weighted by Gasteiger charge is -2.16. The number of ether oxygens (including phenoxy) is 1. The first kappa shape index (κ1) is 18.4. The third-order valence-electron chi connectivity index (χ3n) is 3.86. The van der Waals surface area contributed by atoms with Crippen LogP contribution in [0.4, 0.5) is 5.00 Å². The van der Waals surface area contributed by atoms with E-state index in [9.17, 15) is 14.4 Å².